The third-order valence-corrected chi connectivity index (χ3v) is 1.72. The fourth-order valence-electron chi connectivity index (χ4n) is 0.873. The highest BCUT2D eigenvalue weighted by Gasteiger charge is 1.90. The zero-order valence-electron chi connectivity index (χ0n) is 7.03. The molecule has 13 heavy (non-hydrogen) atoms. The summed E-state index contributed by atoms with van der Waals surface area (Å²) in [5, 5.41) is 0. The number of ether oxygens (including phenoxy) is 1. The molecule has 0 aliphatic carbocycles. The van der Waals surface area contributed by atoms with E-state index in [-0.39, 0.29) is 0 Å². The van der Waals surface area contributed by atoms with Gasteiger partial charge >= 0.3 is 0 Å². The van der Waals surface area contributed by atoms with Crippen LogP contribution >= 0.6 is 15.9 Å². The Hall–Kier alpha value is -1.20. The summed E-state index contributed by atoms with van der Waals surface area (Å²) in [7, 11) is 0. The second kappa shape index (κ2) is 5.45. The number of hydrogen-bond acceptors (Lipinski definition) is 1. The van der Waals surface area contributed by atoms with E-state index >= 15 is 0 Å². The van der Waals surface area contributed by atoms with Crippen LogP contribution in [0.1, 0.15) is 5.56 Å². The molecule has 2 heteroatoms. The molecule has 0 aliphatic rings. The molecule has 1 rings (SSSR count). The maximum absolute atomic E-state index is 5.22. The van der Waals surface area contributed by atoms with Gasteiger partial charge in [-0.25, -0.2) is 0 Å². The summed E-state index contributed by atoms with van der Waals surface area (Å²) in [6, 6.07) is 7.70. The second-order valence-corrected chi connectivity index (χ2v) is 2.88. The first-order valence-electron chi connectivity index (χ1n) is 3.80. The van der Waals surface area contributed by atoms with Crippen LogP contribution in [0.3, 0.4) is 0 Å². The molecule has 0 radical (unpaired) electrons. The van der Waals surface area contributed by atoms with Crippen molar-refractivity contribution in [3.05, 3.63) is 34.8 Å². The molecular weight excluding hydrogens is 228 g/mol. The maximum atomic E-state index is 5.22. The second-order valence-electron chi connectivity index (χ2n) is 2.35. The van der Waals surface area contributed by atoms with Gasteiger partial charge in [0.2, 0.25) is 0 Å². The van der Waals surface area contributed by atoms with Gasteiger partial charge < -0.3 is 4.74 Å². The lowest BCUT2D eigenvalue weighted by Gasteiger charge is -2.01. The number of halogens is 1. The standard InChI is InChI=1S/C11H9BrO/c1-2-9-13-11-5-3-10(4-6-11)7-8-12/h1,3-8H,9H2/b8-7+. The molecule has 1 aromatic carbocycles. The van der Waals surface area contributed by atoms with Crippen LogP contribution in [0.2, 0.25) is 0 Å². The van der Waals surface area contributed by atoms with Crippen molar-refractivity contribution in [1.82, 2.24) is 0 Å². The van der Waals surface area contributed by atoms with Crippen LogP contribution in [0.4, 0.5) is 0 Å². The van der Waals surface area contributed by atoms with Gasteiger partial charge in [-0.3, -0.25) is 0 Å². The van der Waals surface area contributed by atoms with Crippen LogP contribution in [0.25, 0.3) is 6.08 Å². The van der Waals surface area contributed by atoms with Crippen molar-refractivity contribution in [2.45, 2.75) is 0 Å². The summed E-state index contributed by atoms with van der Waals surface area (Å²) in [4.78, 5) is 1.81. The topological polar surface area (TPSA) is 9.23 Å². The predicted octanol–water partition coefficient (Wildman–Crippen LogP) is 3.06. The van der Waals surface area contributed by atoms with Crippen LogP contribution in [0, 0.1) is 12.3 Å². The van der Waals surface area contributed by atoms with Gasteiger partial charge in [-0.1, -0.05) is 34.0 Å². The van der Waals surface area contributed by atoms with E-state index in [1.165, 1.54) is 0 Å². The number of rotatable bonds is 3. The molecule has 1 aromatic rings. The molecular formula is C11H9BrO. The zero-order chi connectivity index (χ0) is 9.52. The van der Waals surface area contributed by atoms with E-state index < -0.39 is 0 Å². The molecule has 0 fully saturated rings. The summed E-state index contributed by atoms with van der Waals surface area (Å²) in [6.45, 7) is 0.313. The first-order chi connectivity index (χ1) is 6.36. The van der Waals surface area contributed by atoms with Gasteiger partial charge in [0.15, 0.2) is 0 Å². The Labute approximate surface area is 86.5 Å². The Bertz CT molecular complexity index is 319. The lowest BCUT2D eigenvalue weighted by Crippen LogP contribution is -1.92. The van der Waals surface area contributed by atoms with Crippen LogP contribution in [-0.4, -0.2) is 6.61 Å². The minimum atomic E-state index is 0.313. The fourth-order valence-corrected chi connectivity index (χ4v) is 1.18. The Morgan fingerprint density at radius 3 is 2.62 bits per heavy atom. The van der Waals surface area contributed by atoms with E-state index in [1.54, 1.807) is 0 Å². The molecule has 0 N–H and O–H groups in total. The Kier molecular flexibility index (Phi) is 4.14. The van der Waals surface area contributed by atoms with Crippen LogP contribution < -0.4 is 4.74 Å². The van der Waals surface area contributed by atoms with Gasteiger partial charge in [0.25, 0.3) is 0 Å². The predicted molar refractivity (Wildman–Crippen MR) is 58.7 cm³/mol. The minimum absolute atomic E-state index is 0.313. The Morgan fingerprint density at radius 1 is 1.38 bits per heavy atom. The lowest BCUT2D eigenvalue weighted by molar-refractivity contribution is 0.370. The van der Waals surface area contributed by atoms with Crippen molar-refractivity contribution in [2.24, 2.45) is 0 Å². The highest BCUT2D eigenvalue weighted by molar-refractivity contribution is 9.11. The third kappa shape index (κ3) is 3.35. The summed E-state index contributed by atoms with van der Waals surface area (Å²) >= 11 is 3.21. The van der Waals surface area contributed by atoms with E-state index in [2.05, 4.69) is 21.9 Å². The first-order valence-corrected chi connectivity index (χ1v) is 4.71. The van der Waals surface area contributed by atoms with Gasteiger partial charge in [-0.05, 0) is 28.8 Å². The molecule has 0 aromatic heterocycles. The number of hydrogen-bond donors (Lipinski definition) is 0. The molecule has 0 atom stereocenters. The maximum Gasteiger partial charge on any atom is 0.148 e. The van der Waals surface area contributed by atoms with Crippen molar-refractivity contribution in [3.63, 3.8) is 0 Å². The lowest BCUT2D eigenvalue weighted by atomic mass is 10.2. The van der Waals surface area contributed by atoms with Gasteiger partial charge in [0.05, 0.1) is 0 Å². The molecule has 0 spiro atoms. The van der Waals surface area contributed by atoms with Crippen molar-refractivity contribution in [2.75, 3.05) is 6.61 Å². The van der Waals surface area contributed by atoms with Crippen LogP contribution in [-0.2, 0) is 0 Å². The van der Waals surface area contributed by atoms with E-state index in [0.29, 0.717) is 6.61 Å². The average Bonchev–Trinajstić information content (AvgIpc) is 2.17. The Balaban J connectivity index is 2.65. The third-order valence-electron chi connectivity index (χ3n) is 1.46. The van der Waals surface area contributed by atoms with Gasteiger partial charge in [0, 0.05) is 0 Å². The molecule has 0 saturated carbocycles. The summed E-state index contributed by atoms with van der Waals surface area (Å²) in [5.74, 6) is 3.21. The minimum Gasteiger partial charge on any atom is -0.481 e. The van der Waals surface area contributed by atoms with Crippen molar-refractivity contribution in [3.8, 4) is 18.1 Å². The van der Waals surface area contributed by atoms with Crippen LogP contribution in [0.15, 0.2) is 29.3 Å². The first kappa shape index (κ1) is 9.88. The summed E-state index contributed by atoms with van der Waals surface area (Å²) in [6.07, 6.45) is 7.01. The molecule has 66 valence electrons. The highest BCUT2D eigenvalue weighted by atomic mass is 79.9. The fraction of sp³-hybridized carbons (Fsp3) is 0.0909. The Morgan fingerprint density at radius 2 is 2.08 bits per heavy atom. The number of terminal acetylenes is 1. The molecule has 0 bridgehead atoms. The van der Waals surface area contributed by atoms with Gasteiger partial charge in [0.1, 0.15) is 12.4 Å². The molecule has 0 aliphatic heterocycles. The molecule has 0 amide bonds. The van der Waals surface area contributed by atoms with E-state index in [0.717, 1.165) is 11.3 Å². The largest absolute Gasteiger partial charge is 0.481 e. The molecule has 0 unspecified atom stereocenters. The zero-order valence-corrected chi connectivity index (χ0v) is 8.62. The summed E-state index contributed by atoms with van der Waals surface area (Å²) in [5.41, 5.74) is 1.12. The van der Waals surface area contributed by atoms with Crippen LogP contribution in [0.5, 0.6) is 5.75 Å². The van der Waals surface area contributed by atoms with E-state index in [4.69, 9.17) is 11.2 Å². The molecule has 0 heterocycles. The molecule has 0 saturated heterocycles. The summed E-state index contributed by atoms with van der Waals surface area (Å²) < 4.78 is 5.22. The van der Waals surface area contributed by atoms with E-state index in [1.807, 2.05) is 35.3 Å². The number of benzene rings is 1. The highest BCUT2D eigenvalue weighted by Crippen LogP contribution is 2.13. The van der Waals surface area contributed by atoms with Gasteiger partial charge in [-0.2, -0.15) is 0 Å². The van der Waals surface area contributed by atoms with Gasteiger partial charge in [-0.15, -0.1) is 6.42 Å². The van der Waals surface area contributed by atoms with E-state index in [9.17, 15) is 0 Å². The van der Waals surface area contributed by atoms with Crippen molar-refractivity contribution >= 4 is 22.0 Å². The molecule has 1 nitrogen and oxygen atoms in total. The van der Waals surface area contributed by atoms with Crippen molar-refractivity contribution < 1.29 is 4.74 Å². The normalized spacial score (nSPS) is 9.85. The quantitative estimate of drug-likeness (QED) is 0.734. The average molecular weight is 237 g/mol. The van der Waals surface area contributed by atoms with Crippen molar-refractivity contribution in [1.29, 1.82) is 0 Å². The monoisotopic (exact) mass is 236 g/mol. The SMILES string of the molecule is C#CCOc1ccc(/C=C/Br)cc1. The smallest absolute Gasteiger partial charge is 0.148 e.